The molecule has 1 saturated carbocycles. The summed E-state index contributed by atoms with van der Waals surface area (Å²) in [5.41, 5.74) is 3.13. The van der Waals surface area contributed by atoms with Crippen LogP contribution in [-0.4, -0.2) is 123 Å². The van der Waals surface area contributed by atoms with Crippen LogP contribution in [0.3, 0.4) is 0 Å². The number of ether oxygens (including phenoxy) is 1. The van der Waals surface area contributed by atoms with Crippen molar-refractivity contribution in [1.82, 2.24) is 54.2 Å². The molecule has 4 fully saturated rings. The third-order valence-electron chi connectivity index (χ3n) is 13.4. The van der Waals surface area contributed by atoms with Gasteiger partial charge in [0.1, 0.15) is 23.8 Å². The van der Waals surface area contributed by atoms with Gasteiger partial charge in [-0.2, -0.15) is 20.4 Å². The molecule has 0 spiro atoms. The van der Waals surface area contributed by atoms with E-state index in [0.29, 0.717) is 62.4 Å². The number of likely N-dealkylation sites (tertiary alicyclic amines) is 1. The number of aromatic nitrogens is 9. The van der Waals surface area contributed by atoms with Crippen LogP contribution in [0.4, 0.5) is 20.3 Å². The van der Waals surface area contributed by atoms with Gasteiger partial charge in [-0.25, -0.2) is 18.3 Å². The van der Waals surface area contributed by atoms with Crippen LogP contribution in [0.25, 0.3) is 27.7 Å². The number of fused-ring (bicyclic) bond motifs is 2. The first-order chi connectivity index (χ1) is 30.2. The summed E-state index contributed by atoms with van der Waals surface area (Å²) in [5, 5.41) is 45.0. The van der Waals surface area contributed by atoms with Crippen LogP contribution in [0.2, 0.25) is 0 Å². The maximum atomic E-state index is 14.3. The molecule has 0 unspecified atom stereocenters. The van der Waals surface area contributed by atoms with Gasteiger partial charge in [0.15, 0.2) is 11.3 Å². The summed E-state index contributed by atoms with van der Waals surface area (Å²) in [6, 6.07) is 7.66. The maximum Gasteiger partial charge on any atom is 0.284 e. The van der Waals surface area contributed by atoms with Gasteiger partial charge in [-0.1, -0.05) is 12.1 Å². The number of anilines is 2. The zero-order valence-electron chi connectivity index (χ0n) is 34.5. The number of piperidine rings is 2. The van der Waals surface area contributed by atoms with Crippen molar-refractivity contribution < 1.29 is 28.5 Å². The molecule has 0 radical (unpaired) electrons. The summed E-state index contributed by atoms with van der Waals surface area (Å²) in [4.78, 5) is 22.8. The molecule has 1 amide bonds. The second-order valence-electron chi connectivity index (χ2n) is 17.3. The van der Waals surface area contributed by atoms with E-state index in [1.54, 1.807) is 17.1 Å². The van der Waals surface area contributed by atoms with Crippen LogP contribution in [0.15, 0.2) is 61.4 Å². The molecule has 6 aromatic rings. The minimum absolute atomic E-state index is 0.00607. The molecular weight excluding hydrogens is 801 g/mol. The van der Waals surface area contributed by atoms with Crippen molar-refractivity contribution in [3.05, 3.63) is 72.7 Å². The van der Waals surface area contributed by atoms with Gasteiger partial charge < -0.3 is 30.1 Å². The Bertz CT molecular complexity index is 2500. The van der Waals surface area contributed by atoms with E-state index in [1.807, 2.05) is 35.3 Å². The van der Waals surface area contributed by atoms with Gasteiger partial charge in [-0.05, 0) is 94.0 Å². The highest BCUT2D eigenvalue weighted by Gasteiger charge is 2.32. The first-order valence-electron chi connectivity index (χ1n) is 21.9. The van der Waals surface area contributed by atoms with Crippen molar-refractivity contribution in [3.63, 3.8) is 0 Å². The maximum absolute atomic E-state index is 14.3. The molecule has 4 aliphatic rings. The molecule has 0 bridgehead atoms. The zero-order valence-corrected chi connectivity index (χ0v) is 34.5. The van der Waals surface area contributed by atoms with Gasteiger partial charge in [0.25, 0.3) is 12.3 Å². The molecule has 8 heterocycles. The van der Waals surface area contributed by atoms with E-state index in [1.165, 1.54) is 10.7 Å². The van der Waals surface area contributed by atoms with E-state index in [2.05, 4.69) is 57.7 Å². The third kappa shape index (κ3) is 8.31. The lowest BCUT2D eigenvalue weighted by Crippen LogP contribution is -2.48. The number of aliphatic hydroxyl groups is 2. The number of nitrogens with one attached hydrogen (secondary N) is 2. The molecule has 328 valence electrons. The molecule has 3 aliphatic heterocycles. The summed E-state index contributed by atoms with van der Waals surface area (Å²) < 4.78 is 41.1. The molecule has 3 saturated heterocycles. The summed E-state index contributed by atoms with van der Waals surface area (Å²) >= 11 is 0. The Balaban J connectivity index is 0.709. The van der Waals surface area contributed by atoms with Crippen molar-refractivity contribution >= 4 is 34.0 Å². The summed E-state index contributed by atoms with van der Waals surface area (Å²) in [7, 11) is 0. The Morgan fingerprint density at radius 2 is 1.69 bits per heavy atom. The molecular formula is C43H53F2N13O4. The number of alkyl halides is 2. The van der Waals surface area contributed by atoms with Crippen molar-refractivity contribution in [1.29, 1.82) is 0 Å². The van der Waals surface area contributed by atoms with Gasteiger partial charge in [0.05, 0.1) is 55.1 Å². The molecule has 19 heteroatoms. The quantitative estimate of drug-likeness (QED) is 0.139. The van der Waals surface area contributed by atoms with Crippen LogP contribution in [0.1, 0.15) is 85.9 Å². The highest BCUT2D eigenvalue weighted by molar-refractivity contribution is 6.08. The number of amides is 1. The van der Waals surface area contributed by atoms with Gasteiger partial charge in [-0.15, -0.1) is 0 Å². The Kier molecular flexibility index (Phi) is 11.5. The number of carbonyl (C=O) groups is 1. The van der Waals surface area contributed by atoms with Gasteiger partial charge in [0.2, 0.25) is 0 Å². The highest BCUT2D eigenvalue weighted by atomic mass is 19.3. The molecule has 62 heavy (non-hydrogen) atoms. The number of rotatable bonds is 11. The second-order valence-corrected chi connectivity index (χ2v) is 17.3. The van der Waals surface area contributed by atoms with E-state index >= 15 is 0 Å². The average molecular weight is 854 g/mol. The SMILES string of the molecule is O=C(Nc1cn(C2CCC(CN3CCC(Cn4cc(-c5cccc6c5cnn6[C@@H]5CC[C@@H](O)N[C@@H]5O)cn4)CC3)CC2)nc1C(F)F)c1cnn2ccc(N3CCOCC3)nc12. The number of hydrogen-bond donors (Lipinski definition) is 4. The van der Waals surface area contributed by atoms with Crippen molar-refractivity contribution in [3.8, 4) is 11.1 Å². The average Bonchev–Trinajstić information content (AvgIpc) is 4.11. The second kappa shape index (κ2) is 17.4. The van der Waals surface area contributed by atoms with E-state index in [0.717, 1.165) is 86.7 Å². The van der Waals surface area contributed by atoms with Gasteiger partial charge >= 0.3 is 0 Å². The Morgan fingerprint density at radius 3 is 2.48 bits per heavy atom. The fourth-order valence-corrected chi connectivity index (χ4v) is 9.92. The number of hydrogen-bond acceptors (Lipinski definition) is 12. The van der Waals surface area contributed by atoms with E-state index < -0.39 is 30.5 Å². The Labute approximate surface area is 356 Å². The molecule has 4 N–H and O–H groups in total. The lowest BCUT2D eigenvalue weighted by Gasteiger charge is -2.36. The zero-order chi connectivity index (χ0) is 42.3. The fourth-order valence-electron chi connectivity index (χ4n) is 9.92. The molecule has 5 aromatic heterocycles. The molecule has 1 aliphatic carbocycles. The van der Waals surface area contributed by atoms with E-state index in [4.69, 9.17) is 9.84 Å². The third-order valence-corrected chi connectivity index (χ3v) is 13.4. The first kappa shape index (κ1) is 40.7. The molecule has 17 nitrogen and oxygen atoms in total. The van der Waals surface area contributed by atoms with Gasteiger partial charge in [-0.3, -0.25) is 24.2 Å². The van der Waals surface area contributed by atoms with E-state index in [9.17, 15) is 23.8 Å². The number of carbonyl (C=O) groups excluding carboxylic acids is 1. The normalized spacial score (nSPS) is 24.4. The number of nitrogens with zero attached hydrogens (tertiary/aromatic N) is 11. The van der Waals surface area contributed by atoms with Crippen LogP contribution >= 0.6 is 0 Å². The number of aliphatic hydroxyl groups excluding tert-OH is 2. The minimum Gasteiger partial charge on any atom is -0.379 e. The summed E-state index contributed by atoms with van der Waals surface area (Å²) in [6.45, 7) is 6.50. The topological polar surface area (TPSA) is 181 Å². The predicted molar refractivity (Wildman–Crippen MR) is 226 cm³/mol. The predicted octanol–water partition coefficient (Wildman–Crippen LogP) is 4.87. The molecule has 3 atom stereocenters. The standard InChI is InChI=1S/C43H53F2N13O4/c44-40(45)39-34(49-42(60)33-22-47-56-15-12-37(50-41(33)56)54-16-18-62-19-17-54)26-57(52-39)30-6-4-27(5-7-30)23-53-13-10-28(11-14-53)24-55-25-29(20-46-55)31-2-1-3-35-32(31)21-48-58(35)36-8-9-38(59)51-43(36)61/h1-3,12,15,20-22,25-28,30,36,38,40,43,51,59,61H,4-11,13-14,16-19,23-24H2,(H,49,60)/t27?,30?,36-,38-,43-/m1/s1. The van der Waals surface area contributed by atoms with Crippen LogP contribution < -0.4 is 15.5 Å². The monoisotopic (exact) mass is 853 g/mol. The van der Waals surface area contributed by atoms with Gasteiger partial charge in [0, 0.05) is 55.7 Å². The molecule has 1 aromatic carbocycles. The van der Waals surface area contributed by atoms with E-state index in [-0.39, 0.29) is 23.3 Å². The van der Waals surface area contributed by atoms with Crippen LogP contribution in [0, 0.1) is 11.8 Å². The largest absolute Gasteiger partial charge is 0.379 e. The lowest BCUT2D eigenvalue weighted by molar-refractivity contribution is -0.0296. The smallest absolute Gasteiger partial charge is 0.284 e. The highest BCUT2D eigenvalue weighted by Crippen LogP contribution is 2.37. The lowest BCUT2D eigenvalue weighted by atomic mass is 9.85. The first-order valence-corrected chi connectivity index (χ1v) is 21.9. The minimum atomic E-state index is -2.85. The summed E-state index contributed by atoms with van der Waals surface area (Å²) in [5.74, 6) is 1.20. The van der Waals surface area contributed by atoms with Crippen LogP contribution in [0.5, 0.6) is 0 Å². The molecule has 10 rings (SSSR count). The van der Waals surface area contributed by atoms with Crippen LogP contribution in [-0.2, 0) is 11.3 Å². The Hall–Kier alpha value is -5.34. The number of benzene rings is 1. The fraction of sp³-hybridized carbons (Fsp3) is 0.535. The summed E-state index contributed by atoms with van der Waals surface area (Å²) in [6.07, 6.45) is 13.2. The Morgan fingerprint density at radius 1 is 0.887 bits per heavy atom. The van der Waals surface area contributed by atoms with Crippen molar-refractivity contribution in [2.45, 2.75) is 88.9 Å². The van der Waals surface area contributed by atoms with Crippen molar-refractivity contribution in [2.24, 2.45) is 11.8 Å². The number of morpholine rings is 1. The number of halogens is 2. The van der Waals surface area contributed by atoms with Crippen molar-refractivity contribution in [2.75, 3.05) is 56.2 Å².